The van der Waals surface area contributed by atoms with Gasteiger partial charge in [-0.3, -0.25) is 4.98 Å². The maximum absolute atomic E-state index is 13.1. The van der Waals surface area contributed by atoms with E-state index in [1.807, 2.05) is 0 Å². The predicted octanol–water partition coefficient (Wildman–Crippen LogP) is 1.56. The lowest BCUT2D eigenvalue weighted by Gasteiger charge is -2.15. The normalized spacial score (nSPS) is 12.8. The molecule has 0 fully saturated rings. The minimum absolute atomic E-state index is 0.0457. The molecule has 1 atom stereocenters. The number of halogens is 1. The average molecular weight is 434 g/mol. The van der Waals surface area contributed by atoms with Gasteiger partial charge in [-0.2, -0.15) is 9.97 Å². The summed E-state index contributed by atoms with van der Waals surface area (Å²) in [6.45, 7) is 1.34. The van der Waals surface area contributed by atoms with Gasteiger partial charge in [-0.15, -0.1) is 0 Å². The first kappa shape index (κ1) is 21.2. The minimum Gasteiger partial charge on any atom is -0.462 e. The van der Waals surface area contributed by atoms with Gasteiger partial charge >= 0.3 is 6.01 Å². The largest absolute Gasteiger partial charge is 0.462 e. The van der Waals surface area contributed by atoms with E-state index in [-0.39, 0.29) is 30.9 Å². The topological polar surface area (TPSA) is 132 Å². The minimum atomic E-state index is -1.58. The molecule has 4 N–H and O–H groups in total. The number of hydrogen-bond acceptors (Lipinski definition) is 8. The number of benzene rings is 1. The van der Waals surface area contributed by atoms with Crippen molar-refractivity contribution in [1.29, 1.82) is 0 Å². The summed E-state index contributed by atoms with van der Waals surface area (Å²) in [5.74, 6) is 5.70. The van der Waals surface area contributed by atoms with E-state index in [0.717, 1.165) is 6.20 Å². The molecule has 0 aliphatic heterocycles. The highest BCUT2D eigenvalue weighted by Crippen LogP contribution is 2.26. The number of rotatable bonds is 5. The quantitative estimate of drug-likeness (QED) is 0.403. The van der Waals surface area contributed by atoms with E-state index < -0.39 is 11.4 Å². The van der Waals surface area contributed by atoms with E-state index in [1.165, 1.54) is 25.3 Å². The van der Waals surface area contributed by atoms with Gasteiger partial charge < -0.3 is 20.7 Å². The van der Waals surface area contributed by atoms with Crippen LogP contribution in [0.25, 0.3) is 16.9 Å². The number of aromatic nitrogens is 5. The fourth-order valence-corrected chi connectivity index (χ4v) is 3.00. The van der Waals surface area contributed by atoms with Crippen LogP contribution in [0.5, 0.6) is 6.01 Å². The SMILES string of the molecule is CC(O)(C#Cc1ccc2nc(OCCO)n(-c3ccnc(N)n3)c2c1)c1ccc(F)cn1. The second-order valence-corrected chi connectivity index (χ2v) is 6.96. The Hall–Kier alpha value is -4.07. The van der Waals surface area contributed by atoms with Crippen LogP contribution < -0.4 is 10.5 Å². The monoisotopic (exact) mass is 434 g/mol. The highest BCUT2D eigenvalue weighted by molar-refractivity contribution is 5.80. The van der Waals surface area contributed by atoms with Crippen molar-refractivity contribution in [3.05, 3.63) is 65.9 Å². The molecular weight excluding hydrogens is 415 g/mol. The summed E-state index contributed by atoms with van der Waals surface area (Å²) in [7, 11) is 0. The summed E-state index contributed by atoms with van der Waals surface area (Å²) in [5, 5.41) is 19.8. The number of nitrogen functional groups attached to an aromatic ring is 1. The Balaban J connectivity index is 1.78. The molecule has 162 valence electrons. The maximum Gasteiger partial charge on any atom is 0.303 e. The third-order valence-corrected chi connectivity index (χ3v) is 4.51. The highest BCUT2D eigenvalue weighted by atomic mass is 19.1. The number of anilines is 1. The molecule has 9 nitrogen and oxygen atoms in total. The van der Waals surface area contributed by atoms with Crippen molar-refractivity contribution in [2.45, 2.75) is 12.5 Å². The standard InChI is InChI=1S/C22H19FN6O3/c1-22(31,18-5-3-15(23)13-26-18)8-6-14-2-4-16-17(12-14)29(21(27-16)32-11-10-30)19-7-9-25-20(24)28-19/h2-5,7,9,12-13,30-31H,10-11H2,1H3,(H2,24,25,28). The number of hydrogen-bond donors (Lipinski definition) is 3. The lowest BCUT2D eigenvalue weighted by atomic mass is 10.0. The zero-order valence-electron chi connectivity index (χ0n) is 17.0. The van der Waals surface area contributed by atoms with E-state index >= 15 is 0 Å². The van der Waals surface area contributed by atoms with Crippen molar-refractivity contribution in [3.8, 4) is 23.7 Å². The number of ether oxygens (including phenoxy) is 1. The van der Waals surface area contributed by atoms with Crippen molar-refractivity contribution < 1.29 is 19.3 Å². The third-order valence-electron chi connectivity index (χ3n) is 4.51. The number of nitrogens with zero attached hydrogens (tertiary/aromatic N) is 5. The van der Waals surface area contributed by atoms with Crippen molar-refractivity contribution in [3.63, 3.8) is 0 Å². The smallest absolute Gasteiger partial charge is 0.303 e. The fourth-order valence-electron chi connectivity index (χ4n) is 3.00. The van der Waals surface area contributed by atoms with Crippen LogP contribution in [0.2, 0.25) is 0 Å². The summed E-state index contributed by atoms with van der Waals surface area (Å²) < 4.78 is 20.3. The van der Waals surface area contributed by atoms with Crippen molar-refractivity contribution in [2.75, 3.05) is 18.9 Å². The van der Waals surface area contributed by atoms with Gasteiger partial charge in [0.1, 0.15) is 18.2 Å². The second-order valence-electron chi connectivity index (χ2n) is 6.96. The Kier molecular flexibility index (Phi) is 5.68. The molecule has 0 radical (unpaired) electrons. The van der Waals surface area contributed by atoms with E-state index in [0.29, 0.717) is 22.4 Å². The third kappa shape index (κ3) is 4.34. The zero-order chi connectivity index (χ0) is 22.7. The van der Waals surface area contributed by atoms with Crippen LogP contribution in [0.1, 0.15) is 18.2 Å². The molecular formula is C22H19FN6O3. The van der Waals surface area contributed by atoms with Crippen LogP contribution >= 0.6 is 0 Å². The van der Waals surface area contributed by atoms with Crippen molar-refractivity contribution >= 4 is 17.0 Å². The molecule has 0 aliphatic carbocycles. The number of aliphatic hydroxyl groups excluding tert-OH is 1. The summed E-state index contributed by atoms with van der Waals surface area (Å²) >= 11 is 0. The zero-order valence-corrected chi connectivity index (χ0v) is 17.0. The summed E-state index contributed by atoms with van der Waals surface area (Å²) in [5.41, 5.74) is 6.19. The van der Waals surface area contributed by atoms with Gasteiger partial charge in [0.25, 0.3) is 0 Å². The summed E-state index contributed by atoms with van der Waals surface area (Å²) in [6, 6.07) is 9.71. The van der Waals surface area contributed by atoms with Gasteiger partial charge in [-0.25, -0.2) is 13.9 Å². The van der Waals surface area contributed by atoms with E-state index in [4.69, 9.17) is 15.6 Å². The molecule has 0 saturated heterocycles. The molecule has 0 amide bonds. The van der Waals surface area contributed by atoms with E-state index in [9.17, 15) is 9.50 Å². The Bertz CT molecular complexity index is 1330. The number of pyridine rings is 1. The number of fused-ring (bicyclic) bond motifs is 1. The molecule has 0 aliphatic rings. The van der Waals surface area contributed by atoms with Crippen LogP contribution in [0.4, 0.5) is 10.3 Å². The Morgan fingerprint density at radius 1 is 1.19 bits per heavy atom. The fraction of sp³-hybridized carbons (Fsp3) is 0.182. The van der Waals surface area contributed by atoms with Gasteiger partial charge in [0.05, 0.1) is 29.5 Å². The highest BCUT2D eigenvalue weighted by Gasteiger charge is 2.22. The molecule has 1 unspecified atom stereocenters. The molecule has 3 heterocycles. The van der Waals surface area contributed by atoms with Crippen LogP contribution in [0.15, 0.2) is 48.8 Å². The molecule has 0 spiro atoms. The molecule has 3 aromatic heterocycles. The molecule has 32 heavy (non-hydrogen) atoms. The first-order valence-electron chi connectivity index (χ1n) is 9.60. The Labute approximate surface area is 182 Å². The second kappa shape index (κ2) is 8.58. The first-order chi connectivity index (χ1) is 15.4. The van der Waals surface area contributed by atoms with Gasteiger partial charge in [0, 0.05) is 17.8 Å². The molecule has 0 bridgehead atoms. The number of aliphatic hydroxyl groups is 2. The number of imidazole rings is 1. The van der Waals surface area contributed by atoms with Crippen molar-refractivity contribution in [1.82, 2.24) is 24.5 Å². The first-order valence-corrected chi connectivity index (χ1v) is 9.60. The van der Waals surface area contributed by atoms with Crippen LogP contribution in [-0.2, 0) is 5.60 Å². The van der Waals surface area contributed by atoms with Crippen molar-refractivity contribution in [2.24, 2.45) is 0 Å². The Morgan fingerprint density at radius 2 is 2.03 bits per heavy atom. The molecule has 4 rings (SSSR count). The number of nitrogens with two attached hydrogens (primary N) is 1. The van der Waals surface area contributed by atoms with E-state index in [2.05, 4.69) is 31.8 Å². The molecule has 10 heteroatoms. The predicted molar refractivity (Wildman–Crippen MR) is 114 cm³/mol. The van der Waals surface area contributed by atoms with Crippen LogP contribution in [0.3, 0.4) is 0 Å². The Morgan fingerprint density at radius 3 is 2.75 bits per heavy atom. The molecule has 0 saturated carbocycles. The van der Waals surface area contributed by atoms with Gasteiger partial charge in [0.15, 0.2) is 5.60 Å². The van der Waals surface area contributed by atoms with E-state index in [1.54, 1.807) is 28.8 Å². The van der Waals surface area contributed by atoms with Gasteiger partial charge in [-0.05, 0) is 37.3 Å². The van der Waals surface area contributed by atoms with Gasteiger partial charge in [0.2, 0.25) is 5.95 Å². The lowest BCUT2D eigenvalue weighted by molar-refractivity contribution is 0.117. The lowest BCUT2D eigenvalue weighted by Crippen LogP contribution is -2.20. The summed E-state index contributed by atoms with van der Waals surface area (Å²) in [6.07, 6.45) is 2.54. The molecule has 4 aromatic rings. The van der Waals surface area contributed by atoms with Crippen LogP contribution in [0, 0.1) is 17.7 Å². The van der Waals surface area contributed by atoms with Gasteiger partial charge in [-0.1, -0.05) is 11.8 Å². The van der Waals surface area contributed by atoms with Crippen LogP contribution in [-0.4, -0.2) is 47.9 Å². The molecule has 1 aromatic carbocycles. The maximum atomic E-state index is 13.1. The average Bonchev–Trinajstić information content (AvgIpc) is 3.14. The summed E-state index contributed by atoms with van der Waals surface area (Å²) in [4.78, 5) is 16.5.